The number of amides is 2. The number of hydrogen-bond donors (Lipinski definition) is 2. The second-order valence-corrected chi connectivity index (χ2v) is 7.70. The van der Waals surface area contributed by atoms with Crippen LogP contribution in [0.1, 0.15) is 27.3 Å². The van der Waals surface area contributed by atoms with Crippen LogP contribution in [0, 0.1) is 30.9 Å². The number of nitrogens with one attached hydrogen (secondary N) is 2. The van der Waals surface area contributed by atoms with Crippen molar-refractivity contribution in [2.45, 2.75) is 25.9 Å². The number of non-ortho nitro benzene ring substituents is 1. The quantitative estimate of drug-likeness (QED) is 0.342. The number of carbonyl (C=O) groups is 2. The summed E-state index contributed by atoms with van der Waals surface area (Å²) in [5.74, 6) is -0.443. The molecule has 0 saturated heterocycles. The number of aromatic nitrogens is 3. The molecule has 3 rings (SSSR count). The third kappa shape index (κ3) is 5.25. The number of rotatable bonds is 6. The average Bonchev–Trinajstić information content (AvgIpc) is 3.12. The Morgan fingerprint density at radius 3 is 2.61 bits per heavy atom. The molecule has 0 unspecified atom stereocenters. The summed E-state index contributed by atoms with van der Waals surface area (Å²) in [4.78, 5) is 34.5. The lowest BCUT2D eigenvalue weighted by Crippen LogP contribution is -2.42. The largest absolute Gasteiger partial charge is 0.274 e. The molecule has 1 heterocycles. The van der Waals surface area contributed by atoms with Gasteiger partial charge in [0.05, 0.1) is 16.4 Å². The first-order valence-electron chi connectivity index (χ1n) is 9.22. The Morgan fingerprint density at radius 1 is 1.10 bits per heavy atom. The van der Waals surface area contributed by atoms with Gasteiger partial charge in [0.2, 0.25) is 5.91 Å². The van der Waals surface area contributed by atoms with Crippen molar-refractivity contribution in [2.75, 3.05) is 5.75 Å². The zero-order valence-corrected chi connectivity index (χ0v) is 17.9. The molecular weight excluding hydrogens is 420 g/mol. The highest BCUT2D eigenvalue weighted by Crippen LogP contribution is 2.24. The lowest BCUT2D eigenvalue weighted by Gasteiger charge is -2.12. The average molecular weight is 440 g/mol. The predicted molar refractivity (Wildman–Crippen MR) is 115 cm³/mol. The van der Waals surface area contributed by atoms with E-state index in [0.717, 1.165) is 22.9 Å². The molecule has 1 aromatic heterocycles. The van der Waals surface area contributed by atoms with Crippen LogP contribution in [0.2, 0.25) is 0 Å². The number of carbonyl (C=O) groups excluding carboxylic acids is 2. The van der Waals surface area contributed by atoms with Gasteiger partial charge in [0.25, 0.3) is 11.6 Å². The van der Waals surface area contributed by atoms with Crippen molar-refractivity contribution in [3.8, 4) is 5.69 Å². The number of nitrogens with zero attached hydrogens (tertiary/aromatic N) is 4. The molecule has 0 aliphatic rings. The minimum atomic E-state index is -0.656. The Morgan fingerprint density at radius 2 is 1.87 bits per heavy atom. The topological polar surface area (TPSA) is 132 Å². The van der Waals surface area contributed by atoms with Gasteiger partial charge < -0.3 is 0 Å². The summed E-state index contributed by atoms with van der Waals surface area (Å²) in [7, 11) is 0. The van der Waals surface area contributed by atoms with Crippen LogP contribution < -0.4 is 10.9 Å². The number of aryl methyl sites for hydroxylation is 3. The van der Waals surface area contributed by atoms with Gasteiger partial charge in [-0.2, -0.15) is 0 Å². The minimum absolute atomic E-state index is 0.0157. The van der Waals surface area contributed by atoms with Gasteiger partial charge in [-0.15, -0.1) is 10.2 Å². The van der Waals surface area contributed by atoms with Crippen molar-refractivity contribution >= 4 is 29.3 Å². The fourth-order valence-corrected chi connectivity index (χ4v) is 3.59. The molecule has 160 valence electrons. The molecule has 11 heteroatoms. The molecule has 0 aliphatic heterocycles. The molecule has 0 radical (unpaired) electrons. The number of nitro groups is 1. The summed E-state index contributed by atoms with van der Waals surface area (Å²) in [6.45, 7) is 5.81. The summed E-state index contributed by atoms with van der Waals surface area (Å²) in [6.07, 6.45) is 0. The van der Waals surface area contributed by atoms with Gasteiger partial charge in [-0.25, -0.2) is 0 Å². The molecule has 0 spiro atoms. The van der Waals surface area contributed by atoms with Gasteiger partial charge in [0.1, 0.15) is 5.82 Å². The van der Waals surface area contributed by atoms with E-state index >= 15 is 0 Å². The summed E-state index contributed by atoms with van der Waals surface area (Å²) < 4.78 is 1.88. The fourth-order valence-electron chi connectivity index (χ4n) is 2.80. The first kappa shape index (κ1) is 22.0. The number of hydrogen-bond acceptors (Lipinski definition) is 7. The van der Waals surface area contributed by atoms with Gasteiger partial charge in [-0.3, -0.25) is 35.1 Å². The van der Waals surface area contributed by atoms with Gasteiger partial charge in [0, 0.05) is 17.7 Å². The molecule has 0 bridgehead atoms. The lowest BCUT2D eigenvalue weighted by atomic mass is 10.1. The van der Waals surface area contributed by atoms with E-state index in [1.807, 2.05) is 43.5 Å². The third-order valence-corrected chi connectivity index (χ3v) is 5.30. The van der Waals surface area contributed by atoms with E-state index in [1.165, 1.54) is 30.0 Å². The van der Waals surface area contributed by atoms with E-state index in [1.54, 1.807) is 0 Å². The zero-order valence-electron chi connectivity index (χ0n) is 17.1. The van der Waals surface area contributed by atoms with E-state index in [0.29, 0.717) is 11.0 Å². The first-order valence-corrected chi connectivity index (χ1v) is 10.2. The van der Waals surface area contributed by atoms with E-state index in [4.69, 9.17) is 0 Å². The molecule has 2 aromatic carbocycles. The summed E-state index contributed by atoms with van der Waals surface area (Å²) >= 11 is 1.18. The number of hydrazine groups is 1. The second-order valence-electron chi connectivity index (χ2n) is 6.75. The smallest absolute Gasteiger partial charge is 0.270 e. The number of benzene rings is 2. The van der Waals surface area contributed by atoms with Crippen LogP contribution in [0.4, 0.5) is 5.69 Å². The number of thioether (sulfide) groups is 1. The summed E-state index contributed by atoms with van der Waals surface area (Å²) in [6, 6.07) is 11.3. The van der Waals surface area contributed by atoms with Crippen LogP contribution >= 0.6 is 11.8 Å². The van der Waals surface area contributed by atoms with Crippen LogP contribution in [0.3, 0.4) is 0 Å². The Kier molecular flexibility index (Phi) is 6.65. The van der Waals surface area contributed by atoms with Crippen molar-refractivity contribution in [2.24, 2.45) is 0 Å². The molecule has 3 aromatic rings. The van der Waals surface area contributed by atoms with E-state index in [2.05, 4.69) is 21.0 Å². The maximum atomic E-state index is 12.2. The van der Waals surface area contributed by atoms with Crippen LogP contribution in [-0.4, -0.2) is 37.3 Å². The van der Waals surface area contributed by atoms with Crippen LogP contribution in [0.5, 0.6) is 0 Å². The fraction of sp³-hybridized carbons (Fsp3) is 0.200. The van der Waals surface area contributed by atoms with Crippen LogP contribution in [-0.2, 0) is 4.79 Å². The highest BCUT2D eigenvalue weighted by atomic mass is 32.2. The van der Waals surface area contributed by atoms with E-state index in [-0.39, 0.29) is 17.0 Å². The standard InChI is InChI=1S/C20H20N6O4S/c1-12-7-8-13(2)17(9-12)25-14(3)21-24-20(25)31-11-18(27)22-23-19(28)15-5-4-6-16(10-15)26(29)30/h4-10H,11H2,1-3H3,(H,22,27)(H,23,28). The Hall–Kier alpha value is -3.73. The van der Waals surface area contributed by atoms with Crippen molar-refractivity contribution in [3.05, 3.63) is 75.1 Å². The Bertz CT molecular complexity index is 1160. The minimum Gasteiger partial charge on any atom is -0.274 e. The van der Waals surface area contributed by atoms with Crippen molar-refractivity contribution in [1.29, 1.82) is 0 Å². The normalized spacial score (nSPS) is 10.5. The second kappa shape index (κ2) is 9.39. The third-order valence-electron chi connectivity index (χ3n) is 4.37. The van der Waals surface area contributed by atoms with Crippen molar-refractivity contribution < 1.29 is 14.5 Å². The molecule has 2 amide bonds. The lowest BCUT2D eigenvalue weighted by molar-refractivity contribution is -0.384. The molecule has 31 heavy (non-hydrogen) atoms. The molecule has 0 aliphatic carbocycles. The first-order chi connectivity index (χ1) is 14.8. The highest BCUT2D eigenvalue weighted by Gasteiger charge is 2.16. The summed E-state index contributed by atoms with van der Waals surface area (Å²) in [5.41, 5.74) is 7.47. The van der Waals surface area contributed by atoms with Crippen LogP contribution in [0.25, 0.3) is 5.69 Å². The molecule has 0 fully saturated rings. The molecule has 2 N–H and O–H groups in total. The maximum absolute atomic E-state index is 12.2. The van der Waals surface area contributed by atoms with Crippen LogP contribution in [0.15, 0.2) is 47.6 Å². The predicted octanol–water partition coefficient (Wildman–Crippen LogP) is 2.65. The monoisotopic (exact) mass is 440 g/mol. The van der Waals surface area contributed by atoms with Gasteiger partial charge in [0.15, 0.2) is 5.16 Å². The van der Waals surface area contributed by atoms with Gasteiger partial charge in [-0.05, 0) is 44.0 Å². The van der Waals surface area contributed by atoms with Crippen molar-refractivity contribution in [1.82, 2.24) is 25.6 Å². The van der Waals surface area contributed by atoms with E-state index in [9.17, 15) is 19.7 Å². The molecule has 0 atom stereocenters. The Labute approximate surface area is 182 Å². The van der Waals surface area contributed by atoms with Gasteiger partial charge in [-0.1, -0.05) is 30.0 Å². The van der Waals surface area contributed by atoms with Gasteiger partial charge >= 0.3 is 0 Å². The zero-order chi connectivity index (χ0) is 22.5. The summed E-state index contributed by atoms with van der Waals surface area (Å²) in [5, 5.41) is 19.6. The SMILES string of the molecule is Cc1ccc(C)c(-n2c(C)nnc2SCC(=O)NNC(=O)c2cccc([N+](=O)[O-])c2)c1. The maximum Gasteiger partial charge on any atom is 0.270 e. The molecule has 0 saturated carbocycles. The van der Waals surface area contributed by atoms with E-state index < -0.39 is 16.7 Å². The number of nitro benzene ring substituents is 1. The highest BCUT2D eigenvalue weighted by molar-refractivity contribution is 7.99. The molecular formula is C20H20N6O4S. The van der Waals surface area contributed by atoms with Crippen molar-refractivity contribution in [3.63, 3.8) is 0 Å². The molecule has 10 nitrogen and oxygen atoms in total. The Balaban J connectivity index is 1.62.